The van der Waals surface area contributed by atoms with Crippen molar-refractivity contribution in [2.75, 3.05) is 13.1 Å². The number of hydrogen-bond acceptors (Lipinski definition) is 6. The second-order valence-corrected chi connectivity index (χ2v) is 10.7. The first-order valence-electron chi connectivity index (χ1n) is 11.9. The molecule has 2 heterocycles. The Kier molecular flexibility index (Phi) is 7.63. The van der Waals surface area contributed by atoms with Crippen molar-refractivity contribution in [3.63, 3.8) is 0 Å². The summed E-state index contributed by atoms with van der Waals surface area (Å²) in [5, 5.41) is 8.80. The molecule has 190 valence electrons. The van der Waals surface area contributed by atoms with Crippen LogP contribution in [0.5, 0.6) is 5.75 Å². The molecule has 0 atom stereocenters. The highest BCUT2D eigenvalue weighted by Crippen LogP contribution is 2.34. The summed E-state index contributed by atoms with van der Waals surface area (Å²) in [6.07, 6.45) is 2.38. The molecule has 38 heavy (non-hydrogen) atoms. The minimum Gasteiger partial charge on any atom is -0.488 e. The maximum atomic E-state index is 13.0. The molecule has 1 fully saturated rings. The second kappa shape index (κ2) is 11.3. The van der Waals surface area contributed by atoms with Crippen LogP contribution in [0.25, 0.3) is 6.08 Å². The molecule has 0 aliphatic carbocycles. The van der Waals surface area contributed by atoms with Crippen molar-refractivity contribution in [2.24, 2.45) is 0 Å². The fourth-order valence-corrected chi connectivity index (χ4v) is 5.72. The first-order chi connectivity index (χ1) is 18.4. The predicted molar refractivity (Wildman–Crippen MR) is 148 cm³/mol. The maximum Gasteiger partial charge on any atom is 0.294 e. The zero-order chi connectivity index (χ0) is 26.6. The number of amides is 3. The number of nitrogens with zero attached hydrogens (tertiary/aromatic N) is 3. The van der Waals surface area contributed by atoms with E-state index in [1.807, 2.05) is 30.3 Å². The summed E-state index contributed by atoms with van der Waals surface area (Å²) in [5.41, 5.74) is 4.35. The van der Waals surface area contributed by atoms with Crippen molar-refractivity contribution in [1.29, 1.82) is 5.26 Å². The number of imide groups is 1. The number of thioether (sulfide) groups is 1. The lowest BCUT2D eigenvalue weighted by Crippen LogP contribution is -2.44. The van der Waals surface area contributed by atoms with Crippen LogP contribution in [0.15, 0.2) is 76.1 Å². The van der Waals surface area contributed by atoms with E-state index >= 15 is 0 Å². The van der Waals surface area contributed by atoms with Crippen LogP contribution in [0.1, 0.15) is 27.8 Å². The number of hydrogen-bond donors (Lipinski definition) is 0. The minimum absolute atomic E-state index is 0.233. The molecular formula is C29H22BrN3O4S. The molecule has 0 bridgehead atoms. The van der Waals surface area contributed by atoms with Crippen molar-refractivity contribution in [2.45, 2.75) is 19.6 Å². The second-order valence-electron chi connectivity index (χ2n) is 8.85. The van der Waals surface area contributed by atoms with Gasteiger partial charge in [-0.25, -0.2) is 0 Å². The summed E-state index contributed by atoms with van der Waals surface area (Å²) in [5.74, 6) is -0.141. The van der Waals surface area contributed by atoms with E-state index in [1.54, 1.807) is 41.3 Å². The van der Waals surface area contributed by atoms with Gasteiger partial charge in [0.05, 0.1) is 21.0 Å². The number of nitriles is 1. The van der Waals surface area contributed by atoms with E-state index in [0.29, 0.717) is 34.4 Å². The summed E-state index contributed by atoms with van der Waals surface area (Å²) < 4.78 is 6.54. The number of rotatable bonds is 6. The van der Waals surface area contributed by atoms with Crippen molar-refractivity contribution in [3.8, 4) is 11.8 Å². The lowest BCUT2D eigenvalue weighted by Gasteiger charge is -2.29. The Balaban J connectivity index is 1.23. The monoisotopic (exact) mass is 587 g/mol. The van der Waals surface area contributed by atoms with E-state index in [-0.39, 0.29) is 24.0 Å². The lowest BCUT2D eigenvalue weighted by molar-refractivity contribution is -0.136. The van der Waals surface area contributed by atoms with Crippen LogP contribution in [0.4, 0.5) is 4.79 Å². The summed E-state index contributed by atoms with van der Waals surface area (Å²) in [6.45, 7) is 1.00. The highest BCUT2D eigenvalue weighted by Gasteiger charge is 2.37. The van der Waals surface area contributed by atoms with E-state index in [9.17, 15) is 19.6 Å². The Morgan fingerprint density at radius 3 is 2.63 bits per heavy atom. The summed E-state index contributed by atoms with van der Waals surface area (Å²) in [4.78, 5) is 41.5. The molecule has 0 spiro atoms. The number of fused-ring (bicyclic) bond motifs is 1. The van der Waals surface area contributed by atoms with Gasteiger partial charge < -0.3 is 9.64 Å². The van der Waals surface area contributed by atoms with Crippen molar-refractivity contribution in [1.82, 2.24) is 9.80 Å². The van der Waals surface area contributed by atoms with Gasteiger partial charge in [0.2, 0.25) is 5.91 Å². The molecule has 0 unspecified atom stereocenters. The summed E-state index contributed by atoms with van der Waals surface area (Å²) in [7, 11) is 0. The van der Waals surface area contributed by atoms with E-state index in [0.717, 1.165) is 34.2 Å². The predicted octanol–water partition coefficient (Wildman–Crippen LogP) is 5.52. The minimum atomic E-state index is -0.477. The number of carbonyl (C=O) groups excluding carboxylic acids is 3. The van der Waals surface area contributed by atoms with Crippen LogP contribution >= 0.6 is 27.7 Å². The fourth-order valence-electron chi connectivity index (χ4n) is 4.37. The van der Waals surface area contributed by atoms with Gasteiger partial charge in [-0.15, -0.1) is 0 Å². The zero-order valence-electron chi connectivity index (χ0n) is 20.2. The van der Waals surface area contributed by atoms with Crippen LogP contribution < -0.4 is 4.74 Å². The highest BCUT2D eigenvalue weighted by atomic mass is 79.9. The third-order valence-electron chi connectivity index (χ3n) is 6.43. The molecular weight excluding hydrogens is 566 g/mol. The van der Waals surface area contributed by atoms with Crippen molar-refractivity contribution in [3.05, 3.63) is 104 Å². The molecule has 5 rings (SSSR count). The number of carbonyl (C=O) groups is 3. The summed E-state index contributed by atoms with van der Waals surface area (Å²) >= 11 is 4.32. The van der Waals surface area contributed by atoms with Gasteiger partial charge in [0.25, 0.3) is 11.1 Å². The van der Waals surface area contributed by atoms with E-state index in [4.69, 9.17) is 4.74 Å². The van der Waals surface area contributed by atoms with Gasteiger partial charge in [-0.3, -0.25) is 19.3 Å². The number of ether oxygens (including phenoxy) is 1. The zero-order valence-corrected chi connectivity index (χ0v) is 22.6. The quantitative estimate of drug-likeness (QED) is 0.353. The number of halogens is 1. The standard InChI is InChI=1S/C29H22BrN3O4S/c30-24-13-19(9-10-25(24)37-18-23-8-4-2-6-21(23)15-31)14-26-28(35)33(29(36)38-26)17-27(34)32-12-11-20-5-1-3-7-22(20)16-32/h1-10,13-14H,11-12,16-18H2/b26-14-. The van der Waals surface area contributed by atoms with Gasteiger partial charge in [-0.05, 0) is 75.1 Å². The maximum absolute atomic E-state index is 13.0. The van der Waals surface area contributed by atoms with Gasteiger partial charge in [-0.1, -0.05) is 48.5 Å². The topological polar surface area (TPSA) is 90.7 Å². The van der Waals surface area contributed by atoms with Gasteiger partial charge in [-0.2, -0.15) is 5.26 Å². The average molecular weight is 588 g/mol. The fraction of sp³-hybridized carbons (Fsp3) is 0.172. The molecule has 2 aliphatic heterocycles. The van der Waals surface area contributed by atoms with Crippen molar-refractivity contribution >= 4 is 50.8 Å². The van der Waals surface area contributed by atoms with Crippen LogP contribution in [0.2, 0.25) is 0 Å². The Morgan fingerprint density at radius 2 is 1.84 bits per heavy atom. The average Bonchev–Trinajstić information content (AvgIpc) is 3.19. The molecule has 7 nitrogen and oxygen atoms in total. The Morgan fingerprint density at radius 1 is 1.08 bits per heavy atom. The normalized spacial score (nSPS) is 15.9. The van der Waals surface area contributed by atoms with Crippen LogP contribution in [-0.4, -0.2) is 39.9 Å². The molecule has 0 N–H and O–H groups in total. The molecule has 3 aromatic carbocycles. The molecule has 9 heteroatoms. The molecule has 2 aliphatic rings. The SMILES string of the molecule is N#Cc1ccccc1COc1ccc(/C=C2\SC(=O)N(CC(=O)N3CCc4ccccc4C3)C2=O)cc1Br. The smallest absolute Gasteiger partial charge is 0.294 e. The Hall–Kier alpha value is -3.87. The summed E-state index contributed by atoms with van der Waals surface area (Å²) in [6, 6.07) is 22.7. The van der Waals surface area contributed by atoms with Gasteiger partial charge in [0.15, 0.2) is 0 Å². The Bertz CT molecular complexity index is 1510. The van der Waals surface area contributed by atoms with E-state index < -0.39 is 11.1 Å². The third kappa shape index (κ3) is 5.52. The van der Waals surface area contributed by atoms with Crippen LogP contribution in [-0.2, 0) is 29.2 Å². The first-order valence-corrected chi connectivity index (χ1v) is 13.5. The van der Waals surface area contributed by atoms with Gasteiger partial charge in [0, 0.05) is 18.7 Å². The third-order valence-corrected chi connectivity index (χ3v) is 7.95. The van der Waals surface area contributed by atoms with Gasteiger partial charge >= 0.3 is 0 Å². The molecule has 0 saturated carbocycles. The first kappa shape index (κ1) is 25.8. The van der Waals surface area contributed by atoms with Crippen molar-refractivity contribution < 1.29 is 19.1 Å². The largest absolute Gasteiger partial charge is 0.488 e. The van der Waals surface area contributed by atoms with Crippen LogP contribution in [0.3, 0.4) is 0 Å². The van der Waals surface area contributed by atoms with Crippen LogP contribution in [0, 0.1) is 11.3 Å². The molecule has 1 saturated heterocycles. The number of benzene rings is 3. The van der Waals surface area contributed by atoms with Gasteiger partial charge in [0.1, 0.15) is 18.9 Å². The Labute approximate surface area is 232 Å². The lowest BCUT2D eigenvalue weighted by atomic mass is 10.00. The molecule has 0 aromatic heterocycles. The van der Waals surface area contributed by atoms with E-state index in [2.05, 4.69) is 28.1 Å². The molecule has 3 amide bonds. The van der Waals surface area contributed by atoms with E-state index in [1.165, 1.54) is 5.56 Å². The molecule has 3 aromatic rings. The highest BCUT2D eigenvalue weighted by molar-refractivity contribution is 9.10. The molecule has 0 radical (unpaired) electrons.